The van der Waals surface area contributed by atoms with Gasteiger partial charge < -0.3 is 10.2 Å². The number of carboxylic acid groups (broad SMARTS) is 2. The van der Waals surface area contributed by atoms with Crippen molar-refractivity contribution in [1.29, 1.82) is 0 Å². The average Bonchev–Trinajstić information content (AvgIpc) is 1.27. The van der Waals surface area contributed by atoms with Crippen molar-refractivity contribution in [3.05, 3.63) is 0 Å². The molecule has 0 unspecified atom stereocenters. The van der Waals surface area contributed by atoms with E-state index in [-0.39, 0.29) is 17.1 Å². The molecule has 0 bridgehead atoms. The third-order valence-corrected chi connectivity index (χ3v) is 0.302. The molecule has 0 rings (SSSR count). The molecule has 0 atom stereocenters. The molecule has 5 heteroatoms. The Morgan fingerprint density at radius 3 is 1.38 bits per heavy atom. The van der Waals surface area contributed by atoms with Crippen molar-refractivity contribution >= 4 is 11.9 Å². The fourth-order valence-electron chi connectivity index (χ4n) is 0.129. The van der Waals surface area contributed by atoms with E-state index >= 15 is 0 Å². The Labute approximate surface area is 56.0 Å². The first-order chi connectivity index (χ1) is 3.13. The van der Waals surface area contributed by atoms with Crippen molar-refractivity contribution in [3.63, 3.8) is 0 Å². The summed E-state index contributed by atoms with van der Waals surface area (Å²) in [6.45, 7) is 0. The summed E-state index contributed by atoms with van der Waals surface area (Å²) in [4.78, 5) is 18.9. The van der Waals surface area contributed by atoms with E-state index in [2.05, 4.69) is 0 Å². The van der Waals surface area contributed by atoms with E-state index < -0.39 is 18.4 Å². The molecule has 0 spiro atoms. The zero-order chi connectivity index (χ0) is 5.86. The molecule has 0 aromatic carbocycles. The van der Waals surface area contributed by atoms with Gasteiger partial charge >= 0.3 is 11.9 Å². The second-order valence-corrected chi connectivity index (χ2v) is 0.964. The van der Waals surface area contributed by atoms with E-state index in [0.717, 1.165) is 0 Å². The number of hydrogen-bond acceptors (Lipinski definition) is 2. The number of aliphatic carboxylic acids is 2. The van der Waals surface area contributed by atoms with Crippen LogP contribution in [-0.4, -0.2) is 22.2 Å². The largest absolute Gasteiger partial charge is 0.481 e. The molecular weight excluding hydrogens is 164 g/mol. The van der Waals surface area contributed by atoms with Gasteiger partial charge in [-0.15, -0.1) is 0 Å². The van der Waals surface area contributed by atoms with Gasteiger partial charge in [0.25, 0.3) is 0 Å². The summed E-state index contributed by atoms with van der Waals surface area (Å²) in [5.41, 5.74) is 0. The number of carboxylic acids is 2. The van der Waals surface area contributed by atoms with Crippen LogP contribution in [0.5, 0.6) is 0 Å². The predicted molar refractivity (Wildman–Crippen MR) is 19.9 cm³/mol. The summed E-state index contributed by atoms with van der Waals surface area (Å²) < 4.78 is 0. The Morgan fingerprint density at radius 2 is 1.38 bits per heavy atom. The van der Waals surface area contributed by atoms with E-state index in [4.69, 9.17) is 10.2 Å². The summed E-state index contributed by atoms with van der Waals surface area (Å²) in [5.74, 6) is -2.62. The molecule has 0 aromatic rings. The third-order valence-electron chi connectivity index (χ3n) is 0.302. The van der Waals surface area contributed by atoms with Crippen LogP contribution in [-0.2, 0) is 26.7 Å². The molecule has 0 saturated carbocycles. The standard InChI is InChI=1S/C3H4O4.Cu/c4-2(5)1-3(6)7;/h1H2,(H,4,5)(H,6,7);. The summed E-state index contributed by atoms with van der Waals surface area (Å²) in [7, 11) is 0. The normalized spacial score (nSPS) is 7.00. The van der Waals surface area contributed by atoms with E-state index in [1.54, 1.807) is 0 Å². The Hall–Kier alpha value is -0.541. The second kappa shape index (κ2) is 4.61. The van der Waals surface area contributed by atoms with E-state index in [1.807, 2.05) is 0 Å². The minimum atomic E-state index is -1.31. The molecule has 4 nitrogen and oxygen atoms in total. The van der Waals surface area contributed by atoms with Crippen LogP contribution in [0.2, 0.25) is 0 Å². The minimum absolute atomic E-state index is 0. The summed E-state index contributed by atoms with van der Waals surface area (Å²) in [5, 5.41) is 15.4. The van der Waals surface area contributed by atoms with Gasteiger partial charge in [-0.1, -0.05) is 0 Å². The molecule has 0 aliphatic rings. The van der Waals surface area contributed by atoms with Crippen molar-refractivity contribution in [2.24, 2.45) is 0 Å². The fraction of sp³-hybridized carbons (Fsp3) is 0.333. The molecule has 1 radical (unpaired) electrons. The van der Waals surface area contributed by atoms with Crippen molar-refractivity contribution in [3.8, 4) is 0 Å². The maximum atomic E-state index is 9.43. The Morgan fingerprint density at radius 1 is 1.12 bits per heavy atom. The molecular formula is C3H4CuO4. The van der Waals surface area contributed by atoms with Crippen LogP contribution < -0.4 is 0 Å². The van der Waals surface area contributed by atoms with Crippen LogP contribution in [0.15, 0.2) is 0 Å². The van der Waals surface area contributed by atoms with E-state index in [9.17, 15) is 9.59 Å². The van der Waals surface area contributed by atoms with Crippen molar-refractivity contribution in [2.45, 2.75) is 6.42 Å². The van der Waals surface area contributed by atoms with Gasteiger partial charge in [0.05, 0.1) is 0 Å². The maximum Gasteiger partial charge on any atom is 0.314 e. The monoisotopic (exact) mass is 167 g/mol. The Bertz CT molecular complexity index is 87.5. The second-order valence-electron chi connectivity index (χ2n) is 0.964. The van der Waals surface area contributed by atoms with Crippen LogP contribution in [0.3, 0.4) is 0 Å². The molecule has 0 heterocycles. The fourth-order valence-corrected chi connectivity index (χ4v) is 0.129. The molecule has 8 heavy (non-hydrogen) atoms. The Balaban J connectivity index is 0. The molecule has 0 aliphatic heterocycles. The molecule has 2 N–H and O–H groups in total. The van der Waals surface area contributed by atoms with Crippen LogP contribution in [0.4, 0.5) is 0 Å². The van der Waals surface area contributed by atoms with Crippen LogP contribution in [0.25, 0.3) is 0 Å². The van der Waals surface area contributed by atoms with Crippen LogP contribution >= 0.6 is 0 Å². The van der Waals surface area contributed by atoms with Gasteiger partial charge in [-0.2, -0.15) is 0 Å². The van der Waals surface area contributed by atoms with Gasteiger partial charge in [0, 0.05) is 17.1 Å². The molecule has 0 fully saturated rings. The number of rotatable bonds is 2. The topological polar surface area (TPSA) is 74.6 Å². The number of hydrogen-bond donors (Lipinski definition) is 2. The molecule has 0 saturated heterocycles. The SMILES string of the molecule is O=C(O)CC(=O)O.[Cu]. The van der Waals surface area contributed by atoms with Crippen molar-refractivity contribution in [2.75, 3.05) is 0 Å². The van der Waals surface area contributed by atoms with Gasteiger partial charge in [-0.25, -0.2) is 0 Å². The smallest absolute Gasteiger partial charge is 0.314 e. The van der Waals surface area contributed by atoms with Crippen LogP contribution in [0.1, 0.15) is 6.42 Å². The molecule has 0 aromatic heterocycles. The van der Waals surface area contributed by atoms with Crippen LogP contribution in [0, 0.1) is 0 Å². The zero-order valence-corrected chi connectivity index (χ0v) is 4.66. The van der Waals surface area contributed by atoms with Crippen molar-refractivity contribution in [1.82, 2.24) is 0 Å². The molecule has 0 aliphatic carbocycles. The van der Waals surface area contributed by atoms with E-state index in [1.165, 1.54) is 0 Å². The first-order valence-electron chi connectivity index (χ1n) is 1.56. The zero-order valence-electron chi connectivity index (χ0n) is 3.72. The first kappa shape index (κ1) is 10.4. The first-order valence-corrected chi connectivity index (χ1v) is 1.56. The van der Waals surface area contributed by atoms with Gasteiger partial charge in [-0.05, 0) is 0 Å². The Kier molecular flexibility index (Phi) is 6.02. The van der Waals surface area contributed by atoms with Gasteiger partial charge in [0.15, 0.2) is 0 Å². The number of carbonyl (C=O) groups is 2. The summed E-state index contributed by atoms with van der Waals surface area (Å²) in [6, 6.07) is 0. The average molecular weight is 168 g/mol. The third kappa shape index (κ3) is 9.07. The van der Waals surface area contributed by atoms with Gasteiger partial charge in [0.1, 0.15) is 6.42 Å². The summed E-state index contributed by atoms with van der Waals surface area (Å²) in [6.07, 6.45) is -0.806. The minimum Gasteiger partial charge on any atom is -0.481 e. The maximum absolute atomic E-state index is 9.43. The van der Waals surface area contributed by atoms with Gasteiger partial charge in [-0.3, -0.25) is 9.59 Å². The summed E-state index contributed by atoms with van der Waals surface area (Å²) >= 11 is 0. The predicted octanol–water partition coefficient (Wildman–Crippen LogP) is -0.457. The van der Waals surface area contributed by atoms with E-state index in [0.29, 0.717) is 0 Å². The van der Waals surface area contributed by atoms with Gasteiger partial charge in [0.2, 0.25) is 0 Å². The van der Waals surface area contributed by atoms with Crippen molar-refractivity contribution < 1.29 is 36.9 Å². The molecule has 0 amide bonds. The molecule has 51 valence electrons. The quantitative estimate of drug-likeness (QED) is 0.431.